The van der Waals surface area contributed by atoms with Crippen LogP contribution in [0.25, 0.3) is 0 Å². The molecule has 3 rings (SSSR count). The molecule has 1 atom stereocenters. The molecular formula is C21H31N5S. The van der Waals surface area contributed by atoms with Crippen LogP contribution in [-0.4, -0.2) is 52.6 Å². The van der Waals surface area contributed by atoms with Crippen molar-refractivity contribution in [2.75, 3.05) is 31.9 Å². The Morgan fingerprint density at radius 3 is 2.85 bits per heavy atom. The van der Waals surface area contributed by atoms with Gasteiger partial charge in [0.05, 0.1) is 12.7 Å². The zero-order valence-electron chi connectivity index (χ0n) is 16.7. The van der Waals surface area contributed by atoms with Crippen molar-refractivity contribution in [2.24, 2.45) is 12.0 Å². The Kier molecular flexibility index (Phi) is 7.21. The lowest BCUT2D eigenvalue weighted by molar-refractivity contribution is 0.487. The fraction of sp³-hybridized carbons (Fsp3) is 0.524. The first kappa shape index (κ1) is 19.8. The third-order valence-corrected chi connectivity index (χ3v) is 5.91. The molecule has 1 aliphatic heterocycles. The van der Waals surface area contributed by atoms with Crippen LogP contribution in [0.4, 0.5) is 0 Å². The van der Waals surface area contributed by atoms with Gasteiger partial charge in [-0.25, -0.2) is 0 Å². The Labute approximate surface area is 167 Å². The van der Waals surface area contributed by atoms with Gasteiger partial charge in [0.15, 0.2) is 5.96 Å². The van der Waals surface area contributed by atoms with E-state index in [0.717, 1.165) is 50.1 Å². The number of nitrogens with zero attached hydrogens (tertiary/aromatic N) is 4. The summed E-state index contributed by atoms with van der Waals surface area (Å²) < 4.78 is 1.89. The van der Waals surface area contributed by atoms with Gasteiger partial charge in [-0.15, -0.1) is 0 Å². The van der Waals surface area contributed by atoms with Crippen LogP contribution < -0.4 is 5.32 Å². The number of likely N-dealkylation sites (tertiary alicyclic amines) is 1. The van der Waals surface area contributed by atoms with Crippen molar-refractivity contribution in [1.29, 1.82) is 0 Å². The highest BCUT2D eigenvalue weighted by Crippen LogP contribution is 2.26. The molecule has 1 aliphatic rings. The van der Waals surface area contributed by atoms with Crippen molar-refractivity contribution in [2.45, 2.75) is 31.9 Å². The lowest BCUT2D eigenvalue weighted by Crippen LogP contribution is -2.40. The molecule has 1 saturated heterocycles. The number of aromatic nitrogens is 2. The molecule has 1 unspecified atom stereocenters. The predicted octanol–water partition coefficient (Wildman–Crippen LogP) is 3.42. The van der Waals surface area contributed by atoms with E-state index in [2.05, 4.69) is 59.6 Å². The average Bonchev–Trinajstić information content (AvgIpc) is 3.31. The topological polar surface area (TPSA) is 45.5 Å². The van der Waals surface area contributed by atoms with Gasteiger partial charge in [-0.1, -0.05) is 29.8 Å². The van der Waals surface area contributed by atoms with Gasteiger partial charge in [-0.3, -0.25) is 9.67 Å². The number of benzene rings is 1. The third kappa shape index (κ3) is 5.76. The van der Waals surface area contributed by atoms with Crippen molar-refractivity contribution in [1.82, 2.24) is 20.0 Å². The molecule has 0 spiro atoms. The summed E-state index contributed by atoms with van der Waals surface area (Å²) in [5.41, 5.74) is 4.05. The van der Waals surface area contributed by atoms with E-state index in [1.54, 1.807) is 0 Å². The standard InChI is InChI=1S/C21H31N5S/c1-4-22-21(23-10-12-27-16-18-7-5-17(2)6-8-18)26-11-9-19(15-26)20-13-24-25(3)14-20/h5-8,13-14,19H,4,9-12,15-16H2,1-3H3,(H,22,23). The fourth-order valence-electron chi connectivity index (χ4n) is 3.39. The second kappa shape index (κ2) is 9.83. The number of nitrogens with one attached hydrogen (secondary N) is 1. The van der Waals surface area contributed by atoms with Gasteiger partial charge in [0.1, 0.15) is 0 Å². The maximum absolute atomic E-state index is 4.86. The molecule has 2 heterocycles. The summed E-state index contributed by atoms with van der Waals surface area (Å²) in [6.45, 7) is 8.10. The molecule has 1 aromatic heterocycles. The number of hydrogen-bond acceptors (Lipinski definition) is 3. The molecule has 0 bridgehead atoms. The van der Waals surface area contributed by atoms with Crippen molar-refractivity contribution in [3.8, 4) is 0 Å². The molecule has 2 aromatic rings. The van der Waals surface area contributed by atoms with E-state index >= 15 is 0 Å². The molecule has 146 valence electrons. The zero-order valence-corrected chi connectivity index (χ0v) is 17.5. The summed E-state index contributed by atoms with van der Waals surface area (Å²) in [5, 5.41) is 7.78. The molecule has 0 saturated carbocycles. The Morgan fingerprint density at radius 1 is 1.33 bits per heavy atom. The second-order valence-corrected chi connectivity index (χ2v) is 8.26. The van der Waals surface area contributed by atoms with E-state index in [1.807, 2.05) is 29.7 Å². The number of aryl methyl sites for hydroxylation is 2. The number of hydrogen-bond donors (Lipinski definition) is 1. The molecular weight excluding hydrogens is 354 g/mol. The summed E-state index contributed by atoms with van der Waals surface area (Å²) in [5.74, 6) is 3.71. The Hall–Kier alpha value is -1.95. The average molecular weight is 386 g/mol. The van der Waals surface area contributed by atoms with Gasteiger partial charge in [0.2, 0.25) is 0 Å². The van der Waals surface area contributed by atoms with Crippen LogP contribution in [0.5, 0.6) is 0 Å². The van der Waals surface area contributed by atoms with Gasteiger partial charge >= 0.3 is 0 Å². The van der Waals surface area contributed by atoms with Crippen LogP contribution in [0.2, 0.25) is 0 Å². The normalized spacial score (nSPS) is 17.5. The highest BCUT2D eigenvalue weighted by molar-refractivity contribution is 7.98. The molecule has 1 aromatic carbocycles. The summed E-state index contributed by atoms with van der Waals surface area (Å²) in [4.78, 5) is 7.26. The van der Waals surface area contributed by atoms with E-state index in [1.165, 1.54) is 16.7 Å². The first-order valence-electron chi connectivity index (χ1n) is 9.80. The zero-order chi connectivity index (χ0) is 19.1. The predicted molar refractivity (Wildman–Crippen MR) is 115 cm³/mol. The van der Waals surface area contributed by atoms with Crippen molar-refractivity contribution in [3.05, 3.63) is 53.3 Å². The smallest absolute Gasteiger partial charge is 0.193 e. The summed E-state index contributed by atoms with van der Waals surface area (Å²) in [7, 11) is 1.98. The Balaban J connectivity index is 1.47. The first-order chi connectivity index (χ1) is 13.2. The molecule has 1 fully saturated rings. The molecule has 27 heavy (non-hydrogen) atoms. The van der Waals surface area contributed by atoms with E-state index < -0.39 is 0 Å². The van der Waals surface area contributed by atoms with Gasteiger partial charge in [-0.2, -0.15) is 16.9 Å². The van der Waals surface area contributed by atoms with E-state index in [-0.39, 0.29) is 0 Å². The monoisotopic (exact) mass is 385 g/mol. The fourth-order valence-corrected chi connectivity index (χ4v) is 4.18. The van der Waals surface area contributed by atoms with E-state index in [0.29, 0.717) is 5.92 Å². The first-order valence-corrected chi connectivity index (χ1v) is 11.0. The van der Waals surface area contributed by atoms with Gasteiger partial charge in [0, 0.05) is 50.3 Å². The minimum Gasteiger partial charge on any atom is -0.357 e. The lowest BCUT2D eigenvalue weighted by Gasteiger charge is -2.21. The molecule has 5 nitrogen and oxygen atoms in total. The minimum atomic E-state index is 0.554. The largest absolute Gasteiger partial charge is 0.357 e. The summed E-state index contributed by atoms with van der Waals surface area (Å²) in [6, 6.07) is 8.81. The third-order valence-electron chi connectivity index (χ3n) is 4.91. The maximum atomic E-state index is 4.86. The Morgan fingerprint density at radius 2 is 2.15 bits per heavy atom. The van der Waals surface area contributed by atoms with Crippen LogP contribution in [0.1, 0.15) is 36.0 Å². The van der Waals surface area contributed by atoms with Crippen molar-refractivity contribution < 1.29 is 0 Å². The lowest BCUT2D eigenvalue weighted by atomic mass is 10.0. The number of thioether (sulfide) groups is 1. The molecule has 1 N–H and O–H groups in total. The van der Waals surface area contributed by atoms with Gasteiger partial charge < -0.3 is 10.2 Å². The highest BCUT2D eigenvalue weighted by atomic mass is 32.2. The second-order valence-electron chi connectivity index (χ2n) is 7.15. The molecule has 0 amide bonds. The van der Waals surface area contributed by atoms with Crippen molar-refractivity contribution >= 4 is 17.7 Å². The summed E-state index contributed by atoms with van der Waals surface area (Å²) >= 11 is 1.95. The van der Waals surface area contributed by atoms with Crippen LogP contribution >= 0.6 is 11.8 Å². The van der Waals surface area contributed by atoms with Gasteiger partial charge in [0.25, 0.3) is 0 Å². The molecule has 0 aliphatic carbocycles. The van der Waals surface area contributed by atoms with Crippen molar-refractivity contribution in [3.63, 3.8) is 0 Å². The highest BCUT2D eigenvalue weighted by Gasteiger charge is 2.26. The van der Waals surface area contributed by atoms with E-state index in [9.17, 15) is 0 Å². The molecule has 0 radical (unpaired) electrons. The number of aliphatic imine (C=N–C) groups is 1. The minimum absolute atomic E-state index is 0.554. The molecule has 6 heteroatoms. The summed E-state index contributed by atoms with van der Waals surface area (Å²) in [6.07, 6.45) is 5.30. The SMILES string of the molecule is CCNC(=NCCSCc1ccc(C)cc1)N1CCC(c2cnn(C)c2)C1. The maximum Gasteiger partial charge on any atom is 0.193 e. The number of guanidine groups is 1. The van der Waals surface area contributed by atoms with E-state index in [4.69, 9.17) is 4.99 Å². The quantitative estimate of drug-likeness (QED) is 0.451. The van der Waals surface area contributed by atoms with Crippen LogP contribution in [0, 0.1) is 6.92 Å². The van der Waals surface area contributed by atoms with Crippen LogP contribution in [0.15, 0.2) is 41.7 Å². The Bertz CT molecular complexity index is 737. The number of rotatable bonds is 7. The van der Waals surface area contributed by atoms with Crippen LogP contribution in [0.3, 0.4) is 0 Å². The van der Waals surface area contributed by atoms with Crippen LogP contribution in [-0.2, 0) is 12.8 Å². The van der Waals surface area contributed by atoms with Gasteiger partial charge in [-0.05, 0) is 31.4 Å².